The molecule has 0 aliphatic heterocycles. The van der Waals surface area contributed by atoms with E-state index in [1.165, 1.54) is 26.4 Å². The Morgan fingerprint density at radius 3 is 2.33 bits per heavy atom. The largest absolute Gasteiger partial charge is 0.497 e. The van der Waals surface area contributed by atoms with Crippen molar-refractivity contribution < 1.29 is 21.8 Å². The van der Waals surface area contributed by atoms with E-state index < -0.39 is 32.4 Å². The van der Waals surface area contributed by atoms with Gasteiger partial charge in [0.15, 0.2) is 0 Å². The zero-order chi connectivity index (χ0) is 19.0. The fraction of sp³-hybridized carbons (Fsp3) is 0.538. The Morgan fingerprint density at radius 1 is 1.13 bits per heavy atom. The summed E-state index contributed by atoms with van der Waals surface area (Å²) in [5.74, 6) is 0.721. The van der Waals surface area contributed by atoms with Crippen LogP contribution in [0.1, 0.15) is 43.9 Å². The second-order valence-corrected chi connectivity index (χ2v) is 2.82. The maximum Gasteiger partial charge on any atom is 0.122 e. The molecule has 2 nitrogen and oxygen atoms in total. The molecule has 2 heteroatoms. The summed E-state index contributed by atoms with van der Waals surface area (Å²) in [6.45, 7) is -3.31. The number of benzene rings is 1. The lowest BCUT2D eigenvalue weighted by molar-refractivity contribution is 0.393. The summed E-state index contributed by atoms with van der Waals surface area (Å²) < 4.78 is 78.5. The van der Waals surface area contributed by atoms with Gasteiger partial charge in [0.2, 0.25) is 0 Å². The molecular formula is C13H20O2. The first-order valence-corrected chi connectivity index (χ1v) is 4.41. The molecule has 0 spiro atoms. The molecule has 0 aliphatic rings. The van der Waals surface area contributed by atoms with Crippen LogP contribution in [0, 0.1) is 0 Å². The molecule has 0 atom stereocenters. The molecule has 1 aromatic rings. The second-order valence-electron chi connectivity index (χ2n) is 2.82. The normalized spacial score (nSPS) is 22.7. The van der Waals surface area contributed by atoms with Gasteiger partial charge in [-0.25, -0.2) is 0 Å². The Morgan fingerprint density at radius 2 is 1.80 bits per heavy atom. The second kappa shape index (κ2) is 6.33. The van der Waals surface area contributed by atoms with Crippen molar-refractivity contribution in [2.45, 2.75) is 32.4 Å². The molecule has 0 fully saturated rings. The molecule has 1 aromatic carbocycles. The molecule has 0 heterocycles. The summed E-state index contributed by atoms with van der Waals surface area (Å²) in [7, 11) is 2.81. The maximum atomic E-state index is 7.98. The van der Waals surface area contributed by atoms with E-state index in [4.69, 9.17) is 21.8 Å². The third-order valence-electron chi connectivity index (χ3n) is 1.85. The van der Waals surface area contributed by atoms with Crippen molar-refractivity contribution in [3.63, 3.8) is 0 Å². The summed E-state index contributed by atoms with van der Waals surface area (Å²) in [5, 5.41) is 0. The number of rotatable bonds is 6. The zero-order valence-corrected chi connectivity index (χ0v) is 8.76. The van der Waals surface area contributed by atoms with Crippen LogP contribution in [0.3, 0.4) is 0 Å². The van der Waals surface area contributed by atoms with Crippen molar-refractivity contribution >= 4 is 0 Å². The summed E-state index contributed by atoms with van der Waals surface area (Å²) in [4.78, 5) is 0. The third-order valence-corrected chi connectivity index (χ3v) is 1.85. The first-order valence-electron chi connectivity index (χ1n) is 8.91. The Hall–Kier alpha value is -1.18. The zero-order valence-electron chi connectivity index (χ0n) is 17.8. The fourth-order valence-corrected chi connectivity index (χ4v) is 1.16. The molecule has 0 amide bonds. The Kier molecular flexibility index (Phi) is 1.84. The molecule has 0 aliphatic carbocycles. The van der Waals surface area contributed by atoms with Gasteiger partial charge in [0.05, 0.1) is 14.2 Å². The van der Waals surface area contributed by atoms with Gasteiger partial charge in [0.1, 0.15) is 11.5 Å². The molecule has 1 rings (SSSR count). The lowest BCUT2D eigenvalue weighted by Gasteiger charge is -2.08. The molecule has 0 unspecified atom stereocenters. The molecular weight excluding hydrogens is 188 g/mol. The Bertz CT molecular complexity index is 559. The van der Waals surface area contributed by atoms with E-state index in [-0.39, 0.29) is 0 Å². The number of aryl methyl sites for hydroxylation is 1. The first kappa shape index (κ1) is 4.36. The van der Waals surface area contributed by atoms with Crippen LogP contribution in [-0.2, 0) is 6.42 Å². The van der Waals surface area contributed by atoms with Crippen LogP contribution in [0.5, 0.6) is 11.5 Å². The topological polar surface area (TPSA) is 18.5 Å². The van der Waals surface area contributed by atoms with Crippen LogP contribution < -0.4 is 9.47 Å². The highest BCUT2D eigenvalue weighted by Gasteiger charge is 2.01. The highest BCUT2D eigenvalue weighted by molar-refractivity contribution is 5.38. The van der Waals surface area contributed by atoms with Gasteiger partial charge in [-0.05, 0) is 30.5 Å². The van der Waals surface area contributed by atoms with Gasteiger partial charge >= 0.3 is 0 Å². The summed E-state index contributed by atoms with van der Waals surface area (Å²) in [6, 6.07) is 4.47. The highest BCUT2D eigenvalue weighted by atomic mass is 16.5. The van der Waals surface area contributed by atoms with Crippen molar-refractivity contribution in [2.24, 2.45) is 0 Å². The van der Waals surface area contributed by atoms with E-state index in [2.05, 4.69) is 0 Å². The van der Waals surface area contributed by atoms with Crippen LogP contribution in [0.2, 0.25) is 0 Å². The standard InChI is InChI=1S/C13H20O2/c1-4-5-6-7-11-8-12(14-2)10-13(9-11)15-3/h8-10H,4-7H2,1-3H3/i1D3,4D2,5D2,6D2. The van der Waals surface area contributed by atoms with Gasteiger partial charge in [-0.2, -0.15) is 0 Å². The van der Waals surface area contributed by atoms with E-state index in [1.54, 1.807) is 6.07 Å². The Labute approximate surface area is 105 Å². The van der Waals surface area contributed by atoms with Crippen molar-refractivity contribution in [2.75, 3.05) is 14.2 Å². The van der Waals surface area contributed by atoms with E-state index >= 15 is 0 Å². The average Bonchev–Trinajstić information content (AvgIpc) is 2.44. The quantitative estimate of drug-likeness (QED) is 0.726. The van der Waals surface area contributed by atoms with Crippen molar-refractivity contribution in [3.05, 3.63) is 23.8 Å². The molecule has 0 N–H and O–H groups in total. The van der Waals surface area contributed by atoms with Gasteiger partial charge in [-0.3, -0.25) is 0 Å². The van der Waals surface area contributed by atoms with Crippen LogP contribution in [0.4, 0.5) is 0 Å². The maximum absolute atomic E-state index is 7.98. The van der Waals surface area contributed by atoms with E-state index in [0.29, 0.717) is 17.1 Å². The molecule has 0 saturated carbocycles. The summed E-state index contributed by atoms with van der Waals surface area (Å²) in [5.41, 5.74) is 0.293. The van der Waals surface area contributed by atoms with Gasteiger partial charge in [-0.15, -0.1) is 0 Å². The van der Waals surface area contributed by atoms with Crippen LogP contribution >= 0.6 is 0 Å². The van der Waals surface area contributed by atoms with E-state index in [1.807, 2.05) is 0 Å². The first-order chi connectivity index (χ1) is 10.7. The average molecular weight is 217 g/mol. The molecule has 15 heavy (non-hydrogen) atoms. The molecule has 0 saturated heterocycles. The lowest BCUT2D eigenvalue weighted by atomic mass is 10.1. The van der Waals surface area contributed by atoms with Gasteiger partial charge in [0, 0.05) is 18.4 Å². The number of ether oxygens (including phenoxy) is 2. The van der Waals surface area contributed by atoms with Gasteiger partial charge in [0.25, 0.3) is 0 Å². The Balaban J connectivity index is 3.26. The highest BCUT2D eigenvalue weighted by Crippen LogP contribution is 2.23. The fourth-order valence-electron chi connectivity index (χ4n) is 1.16. The minimum absolute atomic E-state index is 0.293. The lowest BCUT2D eigenvalue weighted by Crippen LogP contribution is -1.91. The molecule has 0 radical (unpaired) electrons. The summed E-state index contributed by atoms with van der Waals surface area (Å²) in [6.07, 6.45) is -9.97. The van der Waals surface area contributed by atoms with Gasteiger partial charge in [-0.1, -0.05) is 19.6 Å². The van der Waals surface area contributed by atoms with Crippen LogP contribution in [0.25, 0.3) is 0 Å². The smallest absolute Gasteiger partial charge is 0.122 e. The van der Waals surface area contributed by atoms with Crippen molar-refractivity contribution in [1.29, 1.82) is 0 Å². The number of methoxy groups -OCH3 is 2. The van der Waals surface area contributed by atoms with E-state index in [9.17, 15) is 0 Å². The number of hydrogen-bond acceptors (Lipinski definition) is 2. The summed E-state index contributed by atoms with van der Waals surface area (Å²) >= 11 is 0. The van der Waals surface area contributed by atoms with Crippen LogP contribution in [0.15, 0.2) is 18.2 Å². The minimum atomic E-state index is -3.37. The molecule has 84 valence electrons. The molecule has 0 aromatic heterocycles. The minimum Gasteiger partial charge on any atom is -0.497 e. The van der Waals surface area contributed by atoms with Crippen molar-refractivity contribution in [1.82, 2.24) is 0 Å². The third kappa shape index (κ3) is 3.82. The predicted molar refractivity (Wildman–Crippen MR) is 62.8 cm³/mol. The number of hydrogen-bond donors (Lipinski definition) is 0. The monoisotopic (exact) mass is 217 g/mol. The predicted octanol–water partition coefficient (Wildman–Crippen LogP) is 3.44. The SMILES string of the molecule is [2H]C([2H])([2H])C([2H])([2H])C([2H])([2H])C([2H])([2H])Cc1cc(OC)cc(OC)c1. The van der Waals surface area contributed by atoms with Crippen molar-refractivity contribution in [3.8, 4) is 11.5 Å². The van der Waals surface area contributed by atoms with Gasteiger partial charge < -0.3 is 9.47 Å². The van der Waals surface area contributed by atoms with E-state index in [0.717, 1.165) is 0 Å². The van der Waals surface area contributed by atoms with Crippen LogP contribution in [-0.4, -0.2) is 14.2 Å². The molecule has 0 bridgehead atoms.